The highest BCUT2D eigenvalue weighted by molar-refractivity contribution is 5.92. The predicted octanol–water partition coefficient (Wildman–Crippen LogP) is 1.79. The zero-order chi connectivity index (χ0) is 14.7. The Bertz CT molecular complexity index is 514. The molecule has 0 bridgehead atoms. The van der Waals surface area contributed by atoms with Crippen LogP contribution in [-0.2, 0) is 4.79 Å². The van der Waals surface area contributed by atoms with E-state index in [0.29, 0.717) is 5.69 Å². The van der Waals surface area contributed by atoms with Gasteiger partial charge in [-0.15, -0.1) is 0 Å². The minimum Gasteiger partial charge on any atom is -0.508 e. The number of benzene rings is 1. The molecule has 108 valence electrons. The third kappa shape index (κ3) is 3.63. The van der Waals surface area contributed by atoms with Gasteiger partial charge in [-0.3, -0.25) is 9.69 Å². The van der Waals surface area contributed by atoms with Crippen LogP contribution in [0.1, 0.15) is 19.3 Å². The van der Waals surface area contributed by atoms with Crippen LogP contribution in [0.2, 0.25) is 0 Å². The van der Waals surface area contributed by atoms with E-state index in [1.807, 2.05) is 0 Å². The predicted molar refractivity (Wildman–Crippen MR) is 73.8 cm³/mol. The maximum absolute atomic E-state index is 12.1. The van der Waals surface area contributed by atoms with E-state index in [1.54, 1.807) is 19.2 Å². The van der Waals surface area contributed by atoms with Gasteiger partial charge in [-0.25, -0.2) is 4.79 Å². The van der Waals surface area contributed by atoms with Crippen molar-refractivity contribution < 1.29 is 19.8 Å². The number of nitrogens with zero attached hydrogens (tertiary/aromatic N) is 1. The lowest BCUT2D eigenvalue weighted by molar-refractivity contribution is -0.137. The van der Waals surface area contributed by atoms with Crippen molar-refractivity contribution in [3.05, 3.63) is 24.3 Å². The third-order valence-electron chi connectivity index (χ3n) is 3.42. The number of aliphatic carboxylic acids is 1. The van der Waals surface area contributed by atoms with Crippen LogP contribution in [0.4, 0.5) is 10.5 Å². The number of carboxylic acid groups (broad SMARTS) is 1. The van der Waals surface area contributed by atoms with Gasteiger partial charge in [0.05, 0.1) is 6.42 Å². The number of amides is 2. The molecule has 0 aliphatic heterocycles. The van der Waals surface area contributed by atoms with E-state index in [9.17, 15) is 14.7 Å². The fourth-order valence-electron chi connectivity index (χ4n) is 2.10. The summed E-state index contributed by atoms with van der Waals surface area (Å²) in [5, 5.41) is 21.0. The first-order chi connectivity index (χ1) is 9.47. The third-order valence-corrected chi connectivity index (χ3v) is 3.42. The summed E-state index contributed by atoms with van der Waals surface area (Å²) in [6.45, 7) is 0. The normalized spacial score (nSPS) is 15.4. The number of hydrogen-bond acceptors (Lipinski definition) is 3. The second-order valence-electron chi connectivity index (χ2n) is 5.07. The van der Waals surface area contributed by atoms with E-state index in [-0.39, 0.29) is 30.2 Å². The first-order valence-electron chi connectivity index (χ1n) is 6.52. The topological polar surface area (TPSA) is 89.9 Å². The van der Waals surface area contributed by atoms with Crippen LogP contribution in [0.3, 0.4) is 0 Å². The number of anilines is 1. The van der Waals surface area contributed by atoms with E-state index >= 15 is 0 Å². The molecule has 20 heavy (non-hydrogen) atoms. The summed E-state index contributed by atoms with van der Waals surface area (Å²) >= 11 is 0. The second kappa shape index (κ2) is 5.81. The van der Waals surface area contributed by atoms with Crippen LogP contribution in [0.15, 0.2) is 24.3 Å². The van der Waals surface area contributed by atoms with Gasteiger partial charge in [-0.2, -0.15) is 0 Å². The van der Waals surface area contributed by atoms with Gasteiger partial charge in [0.25, 0.3) is 0 Å². The molecule has 6 heteroatoms. The molecule has 1 atom stereocenters. The monoisotopic (exact) mass is 278 g/mol. The van der Waals surface area contributed by atoms with E-state index in [1.165, 1.54) is 17.0 Å². The van der Waals surface area contributed by atoms with Gasteiger partial charge < -0.3 is 15.5 Å². The number of phenolic OH excluding ortho intramolecular Hbond substituents is 1. The second-order valence-corrected chi connectivity index (χ2v) is 5.07. The Hall–Kier alpha value is -2.24. The Balaban J connectivity index is 2.00. The molecular formula is C14H18N2O4. The average Bonchev–Trinajstić information content (AvgIpc) is 3.20. The Kier molecular flexibility index (Phi) is 4.12. The molecule has 0 heterocycles. The maximum atomic E-state index is 12.1. The molecule has 6 nitrogen and oxygen atoms in total. The quantitative estimate of drug-likeness (QED) is 0.766. The fraction of sp³-hybridized carbons (Fsp3) is 0.429. The summed E-state index contributed by atoms with van der Waals surface area (Å²) in [5.41, 5.74) is 0.548. The highest BCUT2D eigenvalue weighted by Gasteiger charge is 2.34. The van der Waals surface area contributed by atoms with Gasteiger partial charge >= 0.3 is 12.0 Å². The van der Waals surface area contributed by atoms with E-state index in [0.717, 1.165) is 12.8 Å². The molecule has 1 aromatic rings. The molecule has 3 N–H and O–H groups in total. The van der Waals surface area contributed by atoms with Crippen molar-refractivity contribution in [1.29, 1.82) is 0 Å². The maximum Gasteiger partial charge on any atom is 0.321 e. The summed E-state index contributed by atoms with van der Waals surface area (Å²) in [6, 6.07) is 5.64. The van der Waals surface area contributed by atoms with Crippen molar-refractivity contribution in [2.24, 2.45) is 5.92 Å². The number of carbonyl (C=O) groups excluding carboxylic acids is 1. The highest BCUT2D eigenvalue weighted by Crippen LogP contribution is 2.34. The molecule has 0 saturated heterocycles. The Morgan fingerprint density at radius 1 is 1.45 bits per heavy atom. The largest absolute Gasteiger partial charge is 0.508 e. The van der Waals surface area contributed by atoms with Gasteiger partial charge in [0.15, 0.2) is 0 Å². The highest BCUT2D eigenvalue weighted by atomic mass is 16.4. The molecule has 2 amide bonds. The number of nitrogens with one attached hydrogen (secondary N) is 1. The Labute approximate surface area is 117 Å². The Morgan fingerprint density at radius 2 is 2.15 bits per heavy atom. The molecular weight excluding hydrogens is 260 g/mol. The van der Waals surface area contributed by atoms with Crippen molar-refractivity contribution in [2.45, 2.75) is 25.3 Å². The summed E-state index contributed by atoms with van der Waals surface area (Å²) < 4.78 is 0. The molecule has 1 saturated carbocycles. The van der Waals surface area contributed by atoms with Crippen molar-refractivity contribution >= 4 is 17.7 Å². The smallest absolute Gasteiger partial charge is 0.321 e. The van der Waals surface area contributed by atoms with E-state index in [2.05, 4.69) is 5.32 Å². The molecule has 0 spiro atoms. The van der Waals surface area contributed by atoms with Gasteiger partial charge in [0, 0.05) is 24.8 Å². The molecule has 1 fully saturated rings. The van der Waals surface area contributed by atoms with Crippen molar-refractivity contribution in [1.82, 2.24) is 5.32 Å². The van der Waals surface area contributed by atoms with Crippen molar-refractivity contribution in [3.63, 3.8) is 0 Å². The number of rotatable bonds is 5. The van der Waals surface area contributed by atoms with Gasteiger partial charge in [0.1, 0.15) is 5.75 Å². The molecule has 1 aliphatic carbocycles. The van der Waals surface area contributed by atoms with Crippen LogP contribution >= 0.6 is 0 Å². The van der Waals surface area contributed by atoms with Gasteiger partial charge in [-0.05, 0) is 30.9 Å². The first-order valence-corrected chi connectivity index (χ1v) is 6.52. The molecule has 0 radical (unpaired) electrons. The standard InChI is InChI=1S/C14H18N2O4/c1-16(10-3-2-4-11(17)7-10)14(20)15-12(8-13(18)19)9-5-6-9/h2-4,7,9,12,17H,5-6,8H2,1H3,(H,15,20)(H,18,19). The number of aromatic hydroxyl groups is 1. The lowest BCUT2D eigenvalue weighted by atomic mass is 10.1. The zero-order valence-electron chi connectivity index (χ0n) is 11.2. The first kappa shape index (κ1) is 14.2. The minimum absolute atomic E-state index is 0.0652. The molecule has 1 aromatic carbocycles. The lowest BCUT2D eigenvalue weighted by Gasteiger charge is -2.22. The van der Waals surface area contributed by atoms with E-state index < -0.39 is 5.97 Å². The number of urea groups is 1. The summed E-state index contributed by atoms with van der Waals surface area (Å²) in [6.07, 6.45) is 1.84. The number of hydrogen-bond donors (Lipinski definition) is 3. The average molecular weight is 278 g/mol. The molecule has 1 unspecified atom stereocenters. The van der Waals surface area contributed by atoms with E-state index in [4.69, 9.17) is 5.11 Å². The van der Waals surface area contributed by atoms with Gasteiger partial charge in [-0.1, -0.05) is 6.07 Å². The van der Waals surface area contributed by atoms with Crippen LogP contribution in [0, 0.1) is 5.92 Å². The Morgan fingerprint density at radius 3 is 2.70 bits per heavy atom. The number of phenols is 1. The van der Waals surface area contributed by atoms with Crippen molar-refractivity contribution in [3.8, 4) is 5.75 Å². The lowest BCUT2D eigenvalue weighted by Crippen LogP contribution is -2.45. The van der Waals surface area contributed by atoms with Crippen LogP contribution < -0.4 is 10.2 Å². The molecule has 2 rings (SSSR count). The van der Waals surface area contributed by atoms with Crippen LogP contribution in [0.25, 0.3) is 0 Å². The van der Waals surface area contributed by atoms with Crippen LogP contribution in [-0.4, -0.2) is 35.3 Å². The summed E-state index contributed by atoms with van der Waals surface area (Å²) in [5.74, 6) is -0.582. The van der Waals surface area contributed by atoms with Crippen molar-refractivity contribution in [2.75, 3.05) is 11.9 Å². The summed E-state index contributed by atoms with van der Waals surface area (Å²) in [7, 11) is 1.58. The molecule has 1 aliphatic rings. The van der Waals surface area contributed by atoms with Crippen LogP contribution in [0.5, 0.6) is 5.75 Å². The summed E-state index contributed by atoms with van der Waals surface area (Å²) in [4.78, 5) is 24.3. The fourth-order valence-corrected chi connectivity index (χ4v) is 2.10. The minimum atomic E-state index is -0.915. The molecule has 0 aromatic heterocycles. The zero-order valence-corrected chi connectivity index (χ0v) is 11.2. The number of carboxylic acids is 1. The van der Waals surface area contributed by atoms with Gasteiger partial charge in [0.2, 0.25) is 0 Å². The SMILES string of the molecule is CN(C(=O)NC(CC(=O)O)C1CC1)c1cccc(O)c1. The number of carbonyl (C=O) groups is 2.